The number of aryl methyl sites for hydroxylation is 1. The number of rotatable bonds is 5. The first kappa shape index (κ1) is 16.2. The highest BCUT2D eigenvalue weighted by Crippen LogP contribution is 2.34. The van der Waals surface area contributed by atoms with Crippen molar-refractivity contribution in [3.8, 4) is 5.75 Å². The van der Waals surface area contributed by atoms with E-state index in [0.29, 0.717) is 6.07 Å². The van der Waals surface area contributed by atoms with E-state index in [2.05, 4.69) is 9.47 Å². The lowest BCUT2D eigenvalue weighted by Gasteiger charge is -2.13. The normalized spacial score (nSPS) is 11.6. The Hall–Kier alpha value is -1.86. The van der Waals surface area contributed by atoms with Crippen molar-refractivity contribution in [3.63, 3.8) is 0 Å². The van der Waals surface area contributed by atoms with E-state index < -0.39 is 30.1 Å². The van der Waals surface area contributed by atoms with E-state index in [4.69, 9.17) is 0 Å². The van der Waals surface area contributed by atoms with Gasteiger partial charge < -0.3 is 9.47 Å². The largest absolute Gasteiger partial charge is 0.469 e. The summed E-state index contributed by atoms with van der Waals surface area (Å²) in [6, 6.07) is 2.23. The number of methoxy groups -OCH3 is 1. The Morgan fingerprint density at radius 3 is 2.45 bits per heavy atom. The molecule has 0 unspecified atom stereocenters. The molecule has 0 fully saturated rings. The number of benzene rings is 1. The molecular weight excluding hydrogens is 287 g/mol. The molecule has 1 rings (SSSR count). The highest BCUT2D eigenvalue weighted by atomic mass is 19.4. The summed E-state index contributed by atoms with van der Waals surface area (Å²) in [6.07, 6.45) is -4.88. The van der Waals surface area contributed by atoms with Crippen LogP contribution in [0.15, 0.2) is 18.2 Å². The van der Waals surface area contributed by atoms with Crippen molar-refractivity contribution in [3.05, 3.63) is 29.3 Å². The molecule has 20 heavy (non-hydrogen) atoms. The predicted octanol–water partition coefficient (Wildman–Crippen LogP) is 3.41. The van der Waals surface area contributed by atoms with Crippen LogP contribution in [0.3, 0.4) is 0 Å². The second-order valence-corrected chi connectivity index (χ2v) is 3.77. The summed E-state index contributed by atoms with van der Waals surface area (Å²) in [6.45, 7) is -3.25. The standard InChI is InChI=1S/C12H11F5O3/c1-19-10(18)5-3-7-2-4-8(12(15,16)17)6-9(7)20-11(13)14/h2,4,6,11H,3,5H2,1H3. The first-order valence-electron chi connectivity index (χ1n) is 5.45. The van der Waals surface area contributed by atoms with E-state index in [9.17, 15) is 26.7 Å². The molecule has 8 heteroatoms. The molecule has 0 atom stereocenters. The maximum Gasteiger partial charge on any atom is 0.416 e. The molecule has 0 heterocycles. The Balaban J connectivity index is 3.00. The first-order chi connectivity index (χ1) is 9.24. The van der Waals surface area contributed by atoms with Crippen molar-refractivity contribution in [2.75, 3.05) is 7.11 Å². The molecule has 0 spiro atoms. The number of carbonyl (C=O) groups excluding carboxylic acids is 1. The van der Waals surface area contributed by atoms with Gasteiger partial charge in [0.2, 0.25) is 0 Å². The van der Waals surface area contributed by atoms with Crippen molar-refractivity contribution in [1.29, 1.82) is 0 Å². The molecule has 0 bridgehead atoms. The predicted molar refractivity (Wildman–Crippen MR) is 58.4 cm³/mol. The van der Waals surface area contributed by atoms with E-state index in [1.165, 1.54) is 0 Å². The van der Waals surface area contributed by atoms with Crippen molar-refractivity contribution >= 4 is 5.97 Å². The average Bonchev–Trinajstić information content (AvgIpc) is 2.34. The SMILES string of the molecule is COC(=O)CCc1ccc(C(F)(F)F)cc1OC(F)F. The molecule has 0 saturated carbocycles. The number of halogens is 5. The van der Waals surface area contributed by atoms with Gasteiger partial charge in [0.25, 0.3) is 0 Å². The zero-order valence-electron chi connectivity index (χ0n) is 10.3. The minimum Gasteiger partial charge on any atom is -0.469 e. The smallest absolute Gasteiger partial charge is 0.416 e. The fraction of sp³-hybridized carbons (Fsp3) is 0.417. The second kappa shape index (κ2) is 6.53. The third-order valence-corrected chi connectivity index (χ3v) is 2.44. The van der Waals surface area contributed by atoms with Gasteiger partial charge in [0, 0.05) is 6.42 Å². The minimum absolute atomic E-state index is 0.0626. The van der Waals surface area contributed by atoms with E-state index in [1.54, 1.807) is 0 Å². The van der Waals surface area contributed by atoms with Crippen LogP contribution in [-0.4, -0.2) is 19.7 Å². The van der Waals surface area contributed by atoms with E-state index in [-0.39, 0.29) is 18.4 Å². The molecular formula is C12H11F5O3. The quantitative estimate of drug-likeness (QED) is 0.617. The zero-order chi connectivity index (χ0) is 15.3. The summed E-state index contributed by atoms with van der Waals surface area (Å²) in [5.41, 5.74) is -1.03. The molecule has 0 aliphatic carbocycles. The van der Waals surface area contributed by atoms with Crippen LogP contribution in [0.1, 0.15) is 17.5 Å². The summed E-state index contributed by atoms with van der Waals surface area (Å²) in [4.78, 5) is 11.0. The lowest BCUT2D eigenvalue weighted by atomic mass is 10.1. The monoisotopic (exact) mass is 298 g/mol. The maximum atomic E-state index is 12.5. The van der Waals surface area contributed by atoms with Crippen molar-refractivity contribution in [2.24, 2.45) is 0 Å². The molecule has 1 aromatic carbocycles. The van der Waals surface area contributed by atoms with Crippen LogP contribution >= 0.6 is 0 Å². The van der Waals surface area contributed by atoms with Crippen molar-refractivity contribution in [1.82, 2.24) is 0 Å². The van der Waals surface area contributed by atoms with Gasteiger partial charge in [-0.05, 0) is 24.1 Å². The molecule has 0 aliphatic heterocycles. The first-order valence-corrected chi connectivity index (χ1v) is 5.45. The molecule has 0 amide bonds. The van der Waals surface area contributed by atoms with Crippen molar-refractivity contribution in [2.45, 2.75) is 25.6 Å². The number of carbonyl (C=O) groups is 1. The topological polar surface area (TPSA) is 35.5 Å². The van der Waals surface area contributed by atoms with Gasteiger partial charge in [-0.1, -0.05) is 6.07 Å². The second-order valence-electron chi connectivity index (χ2n) is 3.77. The lowest BCUT2D eigenvalue weighted by molar-refractivity contribution is -0.140. The van der Waals surface area contributed by atoms with Gasteiger partial charge in [-0.3, -0.25) is 4.79 Å². The minimum atomic E-state index is -4.67. The van der Waals surface area contributed by atoms with Crippen LogP contribution in [-0.2, 0) is 22.1 Å². The average molecular weight is 298 g/mol. The maximum absolute atomic E-state index is 12.5. The zero-order valence-corrected chi connectivity index (χ0v) is 10.3. The fourth-order valence-electron chi connectivity index (χ4n) is 1.48. The van der Waals surface area contributed by atoms with Gasteiger partial charge in [0.15, 0.2) is 0 Å². The van der Waals surface area contributed by atoms with Crippen LogP contribution in [0.5, 0.6) is 5.75 Å². The molecule has 0 aromatic heterocycles. The number of hydrogen-bond acceptors (Lipinski definition) is 3. The van der Waals surface area contributed by atoms with Gasteiger partial charge >= 0.3 is 18.8 Å². The van der Waals surface area contributed by atoms with Gasteiger partial charge in [0.1, 0.15) is 5.75 Å². The van der Waals surface area contributed by atoms with E-state index in [0.717, 1.165) is 19.2 Å². The highest BCUT2D eigenvalue weighted by molar-refractivity contribution is 5.69. The number of esters is 1. The van der Waals surface area contributed by atoms with Crippen molar-refractivity contribution < 1.29 is 36.2 Å². The number of ether oxygens (including phenoxy) is 2. The summed E-state index contributed by atoms with van der Waals surface area (Å²) in [5.74, 6) is -1.20. The molecule has 0 aliphatic rings. The number of alkyl halides is 5. The Morgan fingerprint density at radius 1 is 1.30 bits per heavy atom. The van der Waals surface area contributed by atoms with Crippen LogP contribution in [0.2, 0.25) is 0 Å². The number of hydrogen-bond donors (Lipinski definition) is 0. The Kier molecular flexibility index (Phi) is 5.29. The third-order valence-electron chi connectivity index (χ3n) is 2.44. The third kappa shape index (κ3) is 4.67. The Morgan fingerprint density at radius 2 is 1.95 bits per heavy atom. The molecule has 0 N–H and O–H groups in total. The summed E-state index contributed by atoms with van der Waals surface area (Å²) in [7, 11) is 1.14. The van der Waals surface area contributed by atoms with Gasteiger partial charge in [-0.25, -0.2) is 0 Å². The summed E-state index contributed by atoms with van der Waals surface area (Å²) >= 11 is 0. The molecule has 3 nitrogen and oxygen atoms in total. The molecule has 1 aromatic rings. The van der Waals surface area contributed by atoms with Gasteiger partial charge in [-0.2, -0.15) is 22.0 Å². The van der Waals surface area contributed by atoms with Crippen LogP contribution in [0, 0.1) is 0 Å². The molecule has 0 radical (unpaired) electrons. The van der Waals surface area contributed by atoms with Crippen LogP contribution in [0.25, 0.3) is 0 Å². The summed E-state index contributed by atoms with van der Waals surface area (Å²) < 4.78 is 70.3. The molecule has 0 saturated heterocycles. The van der Waals surface area contributed by atoms with Crippen LogP contribution < -0.4 is 4.74 Å². The van der Waals surface area contributed by atoms with Gasteiger partial charge in [-0.15, -0.1) is 0 Å². The van der Waals surface area contributed by atoms with E-state index >= 15 is 0 Å². The Bertz CT molecular complexity index is 471. The fourth-order valence-corrected chi connectivity index (χ4v) is 1.48. The highest BCUT2D eigenvalue weighted by Gasteiger charge is 2.31. The van der Waals surface area contributed by atoms with Crippen LogP contribution in [0.4, 0.5) is 22.0 Å². The lowest BCUT2D eigenvalue weighted by Crippen LogP contribution is -2.10. The summed E-state index contributed by atoms with van der Waals surface area (Å²) in [5, 5.41) is 0. The Labute approximate surface area is 111 Å². The molecule has 112 valence electrons. The van der Waals surface area contributed by atoms with Gasteiger partial charge in [0.05, 0.1) is 12.7 Å². The van der Waals surface area contributed by atoms with E-state index in [1.807, 2.05) is 0 Å².